The molecule has 1 fully saturated rings. The van der Waals surface area contributed by atoms with Crippen LogP contribution in [0.25, 0.3) is 0 Å². The number of amides is 1. The van der Waals surface area contributed by atoms with E-state index in [0.717, 1.165) is 35.5 Å². The zero-order valence-electron chi connectivity index (χ0n) is 12.8. The van der Waals surface area contributed by atoms with Gasteiger partial charge in [-0.1, -0.05) is 0 Å². The summed E-state index contributed by atoms with van der Waals surface area (Å²) in [5.74, 6) is -0.729. The fourth-order valence-corrected chi connectivity index (χ4v) is 5.94. The lowest BCUT2D eigenvalue weighted by molar-refractivity contribution is 0.100. The van der Waals surface area contributed by atoms with E-state index < -0.39 is 15.9 Å². The number of carbonyl (C=O) groups is 2. The topological polar surface area (TPSA) is 96.4 Å². The number of nitrogens with zero attached hydrogens (tertiary/aromatic N) is 2. The molecular formula is C14H15N3O4S3. The Labute approximate surface area is 147 Å². The molecule has 2 aromatic rings. The van der Waals surface area contributed by atoms with Gasteiger partial charge in [-0.15, -0.1) is 22.7 Å². The molecule has 0 unspecified atom stereocenters. The van der Waals surface area contributed by atoms with E-state index in [-0.39, 0.29) is 26.4 Å². The van der Waals surface area contributed by atoms with E-state index in [1.165, 1.54) is 17.3 Å². The summed E-state index contributed by atoms with van der Waals surface area (Å²) in [6, 6.07) is 1.45. The van der Waals surface area contributed by atoms with Crippen LogP contribution in [0.5, 0.6) is 0 Å². The number of ketones is 1. The molecule has 2 aromatic heterocycles. The smallest absolute Gasteiger partial charge is 0.268 e. The zero-order chi connectivity index (χ0) is 17.3. The number of sulfonamides is 1. The number of thiophene rings is 1. The van der Waals surface area contributed by atoms with Gasteiger partial charge in [-0.25, -0.2) is 13.4 Å². The summed E-state index contributed by atoms with van der Waals surface area (Å²) in [5.41, 5.74) is 0.270. The van der Waals surface area contributed by atoms with E-state index in [4.69, 9.17) is 0 Å². The van der Waals surface area contributed by atoms with Crippen molar-refractivity contribution in [2.45, 2.75) is 24.7 Å². The fourth-order valence-electron chi connectivity index (χ4n) is 2.38. The van der Waals surface area contributed by atoms with Crippen molar-refractivity contribution in [1.29, 1.82) is 0 Å². The zero-order valence-corrected chi connectivity index (χ0v) is 15.3. The van der Waals surface area contributed by atoms with Crippen LogP contribution >= 0.6 is 22.7 Å². The number of nitrogens with one attached hydrogen (secondary N) is 1. The first kappa shape index (κ1) is 17.2. The summed E-state index contributed by atoms with van der Waals surface area (Å²) in [4.78, 5) is 27.8. The molecule has 1 saturated heterocycles. The Morgan fingerprint density at radius 3 is 2.58 bits per heavy atom. The number of Topliss-reactive ketones (excluding diaryl/α,β-unsaturated/α-hetero) is 1. The van der Waals surface area contributed by atoms with Crippen LogP contribution in [-0.4, -0.2) is 42.5 Å². The van der Waals surface area contributed by atoms with Crippen molar-refractivity contribution < 1.29 is 18.0 Å². The maximum Gasteiger partial charge on any atom is 0.268 e. The number of thiazole rings is 1. The molecule has 0 bridgehead atoms. The van der Waals surface area contributed by atoms with E-state index in [9.17, 15) is 18.0 Å². The quantitative estimate of drug-likeness (QED) is 0.798. The Bertz CT molecular complexity index is 879. The van der Waals surface area contributed by atoms with Gasteiger partial charge in [0.2, 0.25) is 10.0 Å². The molecule has 1 aliphatic rings. The standard InChI is InChI=1S/C14H15N3O4S3/c1-9(18)10-8-23-14(15-10)16-13(19)12-11(4-7-22-12)24(20,21)17-5-2-3-6-17/h4,7-8H,2-3,5-6H2,1H3,(H,15,16,19). The summed E-state index contributed by atoms with van der Waals surface area (Å²) >= 11 is 2.19. The van der Waals surface area contributed by atoms with Crippen LogP contribution < -0.4 is 5.32 Å². The van der Waals surface area contributed by atoms with Crippen LogP contribution in [0.1, 0.15) is 39.9 Å². The summed E-state index contributed by atoms with van der Waals surface area (Å²) in [5, 5.41) is 5.97. The second-order valence-corrected chi connectivity index (χ2v) is 8.95. The predicted octanol–water partition coefficient (Wildman–Crippen LogP) is 2.44. The number of carbonyl (C=O) groups excluding carboxylic acids is 2. The third-order valence-corrected chi connectivity index (χ3v) is 7.34. The van der Waals surface area contributed by atoms with Gasteiger partial charge in [-0.3, -0.25) is 14.9 Å². The van der Waals surface area contributed by atoms with Crippen molar-refractivity contribution in [2.75, 3.05) is 18.4 Å². The van der Waals surface area contributed by atoms with Gasteiger partial charge in [0.25, 0.3) is 5.91 Å². The third-order valence-electron chi connectivity index (χ3n) is 3.60. The van der Waals surface area contributed by atoms with Crippen molar-refractivity contribution in [1.82, 2.24) is 9.29 Å². The van der Waals surface area contributed by atoms with Crippen LogP contribution in [0.15, 0.2) is 21.7 Å². The molecular weight excluding hydrogens is 370 g/mol. The molecule has 7 nitrogen and oxygen atoms in total. The molecule has 10 heteroatoms. The molecule has 0 aromatic carbocycles. The normalized spacial score (nSPS) is 15.5. The SMILES string of the molecule is CC(=O)c1csc(NC(=O)c2sccc2S(=O)(=O)N2CCCC2)n1. The predicted molar refractivity (Wildman–Crippen MR) is 92.4 cm³/mol. The van der Waals surface area contributed by atoms with E-state index in [1.54, 1.807) is 10.8 Å². The van der Waals surface area contributed by atoms with E-state index in [0.29, 0.717) is 13.1 Å². The van der Waals surface area contributed by atoms with Gasteiger partial charge in [0.05, 0.1) is 0 Å². The maximum absolute atomic E-state index is 12.7. The summed E-state index contributed by atoms with van der Waals surface area (Å²) in [7, 11) is -3.66. The number of hydrogen-bond acceptors (Lipinski definition) is 7. The van der Waals surface area contributed by atoms with Crippen LogP contribution in [0.4, 0.5) is 5.13 Å². The third kappa shape index (κ3) is 3.27. The van der Waals surface area contributed by atoms with Crippen LogP contribution in [0.2, 0.25) is 0 Å². The first-order valence-corrected chi connectivity index (χ1v) is 10.4. The second kappa shape index (κ2) is 6.71. The van der Waals surface area contributed by atoms with Crippen molar-refractivity contribution in [2.24, 2.45) is 0 Å². The maximum atomic E-state index is 12.7. The van der Waals surface area contributed by atoms with Crippen molar-refractivity contribution in [3.8, 4) is 0 Å². The molecule has 24 heavy (non-hydrogen) atoms. The fraction of sp³-hybridized carbons (Fsp3) is 0.357. The lowest BCUT2D eigenvalue weighted by Gasteiger charge is -2.15. The molecule has 1 amide bonds. The molecule has 0 spiro atoms. The highest BCUT2D eigenvalue weighted by atomic mass is 32.2. The summed E-state index contributed by atoms with van der Waals surface area (Å²) in [6.45, 7) is 2.35. The average Bonchev–Trinajstić information content (AvgIpc) is 3.27. The molecule has 128 valence electrons. The van der Waals surface area contributed by atoms with Gasteiger partial charge in [0.15, 0.2) is 10.9 Å². The minimum absolute atomic E-state index is 0.0234. The van der Waals surface area contributed by atoms with Gasteiger partial charge in [-0.05, 0) is 24.3 Å². The second-order valence-electron chi connectivity index (χ2n) is 5.27. The number of rotatable bonds is 5. The van der Waals surface area contributed by atoms with Crippen molar-refractivity contribution in [3.63, 3.8) is 0 Å². The van der Waals surface area contributed by atoms with Gasteiger partial charge >= 0.3 is 0 Å². The van der Waals surface area contributed by atoms with E-state index in [1.807, 2.05) is 0 Å². The molecule has 1 N–H and O–H groups in total. The first-order chi connectivity index (χ1) is 11.4. The van der Waals surface area contributed by atoms with Gasteiger partial charge in [0, 0.05) is 25.4 Å². The van der Waals surface area contributed by atoms with Crippen LogP contribution in [0, 0.1) is 0 Å². The minimum atomic E-state index is -3.66. The van der Waals surface area contributed by atoms with Gasteiger partial charge in [-0.2, -0.15) is 4.31 Å². The Balaban J connectivity index is 1.83. The van der Waals surface area contributed by atoms with Crippen molar-refractivity contribution >= 4 is 49.5 Å². The van der Waals surface area contributed by atoms with Crippen LogP contribution in [0.3, 0.4) is 0 Å². The highest BCUT2D eigenvalue weighted by Crippen LogP contribution is 2.28. The monoisotopic (exact) mass is 385 g/mol. The lowest BCUT2D eigenvalue weighted by atomic mass is 10.4. The number of hydrogen-bond donors (Lipinski definition) is 1. The molecule has 3 rings (SSSR count). The average molecular weight is 385 g/mol. The number of anilines is 1. The van der Waals surface area contributed by atoms with E-state index in [2.05, 4.69) is 10.3 Å². The van der Waals surface area contributed by atoms with E-state index >= 15 is 0 Å². The minimum Gasteiger partial charge on any atom is -0.297 e. The Kier molecular flexibility index (Phi) is 4.81. The highest BCUT2D eigenvalue weighted by Gasteiger charge is 2.32. The van der Waals surface area contributed by atoms with Gasteiger partial charge in [0.1, 0.15) is 15.5 Å². The summed E-state index contributed by atoms with van der Waals surface area (Å²) < 4.78 is 26.7. The Morgan fingerprint density at radius 2 is 1.96 bits per heavy atom. The first-order valence-electron chi connectivity index (χ1n) is 7.25. The molecule has 1 aliphatic heterocycles. The van der Waals surface area contributed by atoms with Crippen molar-refractivity contribution in [3.05, 3.63) is 27.4 Å². The Morgan fingerprint density at radius 1 is 1.25 bits per heavy atom. The Hall–Kier alpha value is -1.62. The molecule has 0 radical (unpaired) electrons. The highest BCUT2D eigenvalue weighted by molar-refractivity contribution is 7.89. The molecule has 0 atom stereocenters. The largest absolute Gasteiger partial charge is 0.297 e. The lowest BCUT2D eigenvalue weighted by Crippen LogP contribution is -2.29. The molecule has 3 heterocycles. The van der Waals surface area contributed by atoms with Crippen LogP contribution in [-0.2, 0) is 10.0 Å². The molecule has 0 aliphatic carbocycles. The summed E-state index contributed by atoms with van der Waals surface area (Å²) in [6.07, 6.45) is 1.66. The van der Waals surface area contributed by atoms with Gasteiger partial charge < -0.3 is 0 Å². The number of aromatic nitrogens is 1. The molecule has 0 saturated carbocycles.